The summed E-state index contributed by atoms with van der Waals surface area (Å²) in [5.74, 6) is 0.361. The minimum atomic E-state index is -0.792. The minimum Gasteiger partial charge on any atom is -0.467 e. The fourth-order valence-electron chi connectivity index (χ4n) is 4.11. The van der Waals surface area contributed by atoms with Crippen molar-refractivity contribution in [2.24, 2.45) is 0 Å². The van der Waals surface area contributed by atoms with E-state index in [1.54, 1.807) is 17.0 Å². The Kier molecular flexibility index (Phi) is 4.76. The summed E-state index contributed by atoms with van der Waals surface area (Å²) in [6.45, 7) is 6.72. The smallest absolute Gasteiger partial charge is 0.258 e. The summed E-state index contributed by atoms with van der Waals surface area (Å²) >= 11 is 0. The molecule has 2 aliphatic rings. The molecule has 4 rings (SSSR count). The number of nitrogens with one attached hydrogen (secondary N) is 2. The number of carbonyl (C=O) groups is 2. The van der Waals surface area contributed by atoms with Crippen LogP contribution in [0.25, 0.3) is 0 Å². The number of carbonyl (C=O) groups excluding carboxylic acids is 2. The van der Waals surface area contributed by atoms with Gasteiger partial charge in [-0.1, -0.05) is 0 Å². The quantitative estimate of drug-likeness (QED) is 0.526. The largest absolute Gasteiger partial charge is 0.467 e. The van der Waals surface area contributed by atoms with E-state index in [-0.39, 0.29) is 11.8 Å². The molecule has 1 saturated heterocycles. The highest BCUT2D eigenvalue weighted by Gasteiger charge is 2.43. The zero-order valence-corrected chi connectivity index (χ0v) is 17.5. The van der Waals surface area contributed by atoms with E-state index in [2.05, 4.69) is 5.32 Å². The van der Waals surface area contributed by atoms with Gasteiger partial charge in [0.15, 0.2) is 5.72 Å². The summed E-state index contributed by atoms with van der Waals surface area (Å²) in [4.78, 5) is 27.5. The zero-order chi connectivity index (χ0) is 21.6. The zero-order valence-electron chi connectivity index (χ0n) is 17.5. The molecule has 2 heterocycles. The molecule has 2 aromatic rings. The lowest BCUT2D eigenvalue weighted by atomic mass is 9.94. The number of nitrogen functional groups attached to an aromatic ring is 1. The standard InChI is InChI=1S/C23H26N4O3/c1-13-9-18-19(10-14(13)2)30-23(26-21(18)28)4-6-27(7-5-23)22(29)16-8-15(3)20(25)17(11-16)12-24/h8-12,24H,4-7,25H2,1-3H3,(H,26,28). The highest BCUT2D eigenvalue weighted by Crippen LogP contribution is 2.35. The first-order valence-corrected chi connectivity index (χ1v) is 10.1. The third-order valence-corrected chi connectivity index (χ3v) is 6.17. The van der Waals surface area contributed by atoms with Crippen LogP contribution in [0.4, 0.5) is 5.69 Å². The number of aryl methyl sites for hydroxylation is 3. The van der Waals surface area contributed by atoms with Crippen LogP contribution in [0.5, 0.6) is 5.75 Å². The van der Waals surface area contributed by atoms with E-state index in [1.165, 1.54) is 0 Å². The molecule has 0 aromatic heterocycles. The maximum Gasteiger partial charge on any atom is 0.258 e. The van der Waals surface area contributed by atoms with Gasteiger partial charge in [0.05, 0.1) is 5.56 Å². The van der Waals surface area contributed by atoms with Crippen LogP contribution in [-0.2, 0) is 0 Å². The Hall–Kier alpha value is -3.35. The predicted octanol–water partition coefficient (Wildman–Crippen LogP) is 2.95. The molecule has 4 N–H and O–H groups in total. The minimum absolute atomic E-state index is 0.106. The molecule has 30 heavy (non-hydrogen) atoms. The summed E-state index contributed by atoms with van der Waals surface area (Å²) in [5.41, 5.74) is 10.2. The molecule has 0 atom stereocenters. The molecule has 7 nitrogen and oxygen atoms in total. The van der Waals surface area contributed by atoms with Crippen LogP contribution >= 0.6 is 0 Å². The molecule has 0 aliphatic carbocycles. The Morgan fingerprint density at radius 1 is 1.13 bits per heavy atom. The maximum absolute atomic E-state index is 13.0. The van der Waals surface area contributed by atoms with Gasteiger partial charge in [0.2, 0.25) is 0 Å². The van der Waals surface area contributed by atoms with E-state index >= 15 is 0 Å². The number of ether oxygens (including phenoxy) is 1. The van der Waals surface area contributed by atoms with Gasteiger partial charge in [0.25, 0.3) is 11.8 Å². The van der Waals surface area contributed by atoms with Crippen molar-refractivity contribution in [3.63, 3.8) is 0 Å². The molecular formula is C23H26N4O3. The Morgan fingerprint density at radius 2 is 1.80 bits per heavy atom. The number of hydrogen-bond donors (Lipinski definition) is 3. The van der Waals surface area contributed by atoms with Crippen LogP contribution in [0.1, 0.15) is 55.8 Å². The number of benzene rings is 2. The second kappa shape index (κ2) is 7.16. The van der Waals surface area contributed by atoms with E-state index in [0.29, 0.717) is 54.1 Å². The molecule has 0 saturated carbocycles. The number of nitrogens with zero attached hydrogens (tertiary/aromatic N) is 1. The SMILES string of the molecule is Cc1cc2c(cc1C)C(=O)NC1(CCN(C(=O)c3cc(C)c(N)c(C=N)c3)CC1)O2. The van der Waals surface area contributed by atoms with Crippen LogP contribution in [-0.4, -0.2) is 41.7 Å². The number of likely N-dealkylation sites (tertiary alicyclic amines) is 1. The average Bonchev–Trinajstić information content (AvgIpc) is 2.71. The van der Waals surface area contributed by atoms with Gasteiger partial charge in [0, 0.05) is 49.0 Å². The van der Waals surface area contributed by atoms with Crippen LogP contribution in [0.15, 0.2) is 24.3 Å². The molecule has 2 aliphatic heterocycles. The number of rotatable bonds is 2. The normalized spacial score (nSPS) is 17.2. The lowest BCUT2D eigenvalue weighted by Gasteiger charge is -2.44. The number of piperidine rings is 1. The van der Waals surface area contributed by atoms with E-state index in [1.807, 2.05) is 32.9 Å². The second-order valence-electron chi connectivity index (χ2n) is 8.22. The number of anilines is 1. The highest BCUT2D eigenvalue weighted by molar-refractivity contribution is 5.99. The van der Waals surface area contributed by atoms with Crippen LogP contribution in [0.2, 0.25) is 0 Å². The second-order valence-corrected chi connectivity index (χ2v) is 8.22. The van der Waals surface area contributed by atoms with Crippen molar-refractivity contribution in [3.8, 4) is 5.75 Å². The van der Waals surface area contributed by atoms with Crippen LogP contribution < -0.4 is 15.8 Å². The van der Waals surface area contributed by atoms with Gasteiger partial charge in [-0.3, -0.25) is 9.59 Å². The van der Waals surface area contributed by atoms with E-state index in [9.17, 15) is 9.59 Å². The molecule has 0 bridgehead atoms. The first-order chi connectivity index (χ1) is 14.2. The van der Waals surface area contributed by atoms with Gasteiger partial charge in [0.1, 0.15) is 5.75 Å². The first kappa shape index (κ1) is 19.9. The number of hydrogen-bond acceptors (Lipinski definition) is 5. The Bertz CT molecular complexity index is 1070. The molecule has 7 heteroatoms. The van der Waals surface area contributed by atoms with Crippen LogP contribution in [0.3, 0.4) is 0 Å². The predicted molar refractivity (Wildman–Crippen MR) is 115 cm³/mol. The molecular weight excluding hydrogens is 380 g/mol. The lowest BCUT2D eigenvalue weighted by Crippen LogP contribution is -2.61. The maximum atomic E-state index is 13.0. The van der Waals surface area contributed by atoms with E-state index in [0.717, 1.165) is 22.9 Å². The Morgan fingerprint density at radius 3 is 2.47 bits per heavy atom. The van der Waals surface area contributed by atoms with Gasteiger partial charge in [-0.05, 0) is 61.7 Å². The Labute approximate surface area is 175 Å². The van der Waals surface area contributed by atoms with E-state index in [4.69, 9.17) is 15.9 Å². The van der Waals surface area contributed by atoms with Gasteiger partial charge >= 0.3 is 0 Å². The van der Waals surface area contributed by atoms with Crippen molar-refractivity contribution >= 4 is 23.7 Å². The number of nitrogens with two attached hydrogens (primary N) is 1. The third-order valence-electron chi connectivity index (χ3n) is 6.17. The van der Waals surface area contributed by atoms with Crippen molar-refractivity contribution < 1.29 is 14.3 Å². The van der Waals surface area contributed by atoms with Crippen molar-refractivity contribution in [3.05, 3.63) is 57.6 Å². The Balaban J connectivity index is 1.52. The topological polar surface area (TPSA) is 109 Å². The summed E-state index contributed by atoms with van der Waals surface area (Å²) in [5, 5.41) is 10.5. The van der Waals surface area contributed by atoms with Gasteiger partial charge in [-0.2, -0.15) is 0 Å². The number of fused-ring (bicyclic) bond motifs is 1. The number of amides is 2. The van der Waals surface area contributed by atoms with Crippen molar-refractivity contribution in [2.45, 2.75) is 39.3 Å². The molecule has 2 amide bonds. The molecule has 0 radical (unpaired) electrons. The van der Waals surface area contributed by atoms with E-state index < -0.39 is 5.72 Å². The van der Waals surface area contributed by atoms with Gasteiger partial charge in [-0.25, -0.2) is 0 Å². The van der Waals surface area contributed by atoms with Crippen molar-refractivity contribution in [1.29, 1.82) is 5.41 Å². The highest BCUT2D eigenvalue weighted by atomic mass is 16.5. The van der Waals surface area contributed by atoms with Crippen molar-refractivity contribution in [1.82, 2.24) is 10.2 Å². The average molecular weight is 406 g/mol. The van der Waals surface area contributed by atoms with Gasteiger partial charge < -0.3 is 26.1 Å². The molecule has 156 valence electrons. The molecule has 1 spiro atoms. The molecule has 2 aromatic carbocycles. The first-order valence-electron chi connectivity index (χ1n) is 10.1. The van der Waals surface area contributed by atoms with Gasteiger partial charge in [-0.15, -0.1) is 0 Å². The van der Waals surface area contributed by atoms with Crippen LogP contribution in [0, 0.1) is 26.2 Å². The monoisotopic (exact) mass is 406 g/mol. The fraction of sp³-hybridized carbons (Fsp3) is 0.348. The summed E-state index contributed by atoms with van der Waals surface area (Å²) in [7, 11) is 0. The fourth-order valence-corrected chi connectivity index (χ4v) is 4.11. The lowest BCUT2D eigenvalue weighted by molar-refractivity contribution is -0.0246. The molecule has 1 fully saturated rings. The summed E-state index contributed by atoms with van der Waals surface area (Å²) in [6, 6.07) is 7.19. The molecule has 0 unspecified atom stereocenters. The summed E-state index contributed by atoms with van der Waals surface area (Å²) < 4.78 is 6.26. The third kappa shape index (κ3) is 3.30. The summed E-state index contributed by atoms with van der Waals surface area (Å²) in [6.07, 6.45) is 2.17. The van der Waals surface area contributed by atoms with Crippen molar-refractivity contribution in [2.75, 3.05) is 18.8 Å².